The number of anilines is 1. The van der Waals surface area contributed by atoms with E-state index in [0.29, 0.717) is 34.4 Å². The van der Waals surface area contributed by atoms with Gasteiger partial charge >= 0.3 is 0 Å². The molecule has 3 aromatic rings. The first-order valence-corrected chi connectivity index (χ1v) is 7.95. The normalized spacial score (nSPS) is 10.6. The van der Waals surface area contributed by atoms with Crippen LogP contribution in [-0.2, 0) is 6.42 Å². The molecule has 0 saturated carbocycles. The second-order valence-electron chi connectivity index (χ2n) is 5.31. The molecule has 0 fully saturated rings. The van der Waals surface area contributed by atoms with Gasteiger partial charge in [-0.2, -0.15) is 4.98 Å². The molecule has 1 amide bonds. The van der Waals surface area contributed by atoms with Crippen molar-refractivity contribution in [3.8, 4) is 11.4 Å². The molecule has 2 aromatic carbocycles. The number of carbonyl (C=O) groups is 1. The quantitative estimate of drug-likeness (QED) is 0.757. The van der Waals surface area contributed by atoms with E-state index in [4.69, 9.17) is 16.1 Å². The smallest absolute Gasteiger partial charge is 0.255 e. The van der Waals surface area contributed by atoms with Crippen LogP contribution >= 0.6 is 11.6 Å². The van der Waals surface area contributed by atoms with Crippen molar-refractivity contribution >= 4 is 23.2 Å². The third kappa shape index (κ3) is 3.31. The van der Waals surface area contributed by atoms with Crippen molar-refractivity contribution in [1.29, 1.82) is 0 Å². The predicted octanol–water partition coefficient (Wildman–Crippen LogP) is 4.51. The molecule has 5 nitrogen and oxygen atoms in total. The molecule has 0 spiro atoms. The lowest BCUT2D eigenvalue weighted by molar-refractivity contribution is 0.102. The zero-order valence-electron chi connectivity index (χ0n) is 13.3. The Hall–Kier alpha value is -2.66. The Morgan fingerprint density at radius 1 is 1.21 bits per heavy atom. The highest BCUT2D eigenvalue weighted by molar-refractivity contribution is 6.31. The molecular formula is C18H16ClN3O2. The number of carbonyl (C=O) groups excluding carboxylic acids is 1. The van der Waals surface area contributed by atoms with Gasteiger partial charge in [0.2, 0.25) is 11.7 Å². The maximum atomic E-state index is 12.4. The Bertz CT molecular complexity index is 872. The van der Waals surface area contributed by atoms with E-state index >= 15 is 0 Å². The van der Waals surface area contributed by atoms with Gasteiger partial charge in [-0.1, -0.05) is 41.9 Å². The summed E-state index contributed by atoms with van der Waals surface area (Å²) >= 11 is 6.07. The molecule has 1 N–H and O–H groups in total. The van der Waals surface area contributed by atoms with E-state index in [1.807, 2.05) is 19.9 Å². The average molecular weight is 342 g/mol. The lowest BCUT2D eigenvalue weighted by Gasteiger charge is -2.09. The van der Waals surface area contributed by atoms with E-state index in [9.17, 15) is 4.79 Å². The highest BCUT2D eigenvalue weighted by Gasteiger charge is 2.11. The number of rotatable bonds is 4. The van der Waals surface area contributed by atoms with Crippen molar-refractivity contribution in [3.05, 3.63) is 64.5 Å². The summed E-state index contributed by atoms with van der Waals surface area (Å²) < 4.78 is 5.10. The van der Waals surface area contributed by atoms with Crippen molar-refractivity contribution in [2.75, 3.05) is 5.32 Å². The minimum absolute atomic E-state index is 0.200. The van der Waals surface area contributed by atoms with E-state index in [1.54, 1.807) is 36.4 Å². The molecule has 0 aliphatic rings. The fourth-order valence-corrected chi connectivity index (χ4v) is 2.40. The van der Waals surface area contributed by atoms with Crippen LogP contribution in [0.1, 0.15) is 28.7 Å². The number of nitrogens with one attached hydrogen (secondary N) is 1. The van der Waals surface area contributed by atoms with Gasteiger partial charge in [0.05, 0.1) is 0 Å². The van der Waals surface area contributed by atoms with Crippen molar-refractivity contribution in [1.82, 2.24) is 10.1 Å². The van der Waals surface area contributed by atoms with E-state index in [2.05, 4.69) is 15.5 Å². The zero-order valence-corrected chi connectivity index (χ0v) is 14.1. The molecule has 3 rings (SSSR count). The van der Waals surface area contributed by atoms with E-state index < -0.39 is 0 Å². The van der Waals surface area contributed by atoms with Crippen molar-refractivity contribution < 1.29 is 9.32 Å². The van der Waals surface area contributed by atoms with E-state index in [-0.39, 0.29) is 5.91 Å². The van der Waals surface area contributed by atoms with Crippen LogP contribution in [0.15, 0.2) is 47.0 Å². The molecule has 0 aliphatic carbocycles. The van der Waals surface area contributed by atoms with Crippen LogP contribution in [0.2, 0.25) is 5.02 Å². The number of hydrogen-bond donors (Lipinski definition) is 1. The van der Waals surface area contributed by atoms with Gasteiger partial charge in [0.25, 0.3) is 5.91 Å². The number of aromatic nitrogens is 2. The summed E-state index contributed by atoms with van der Waals surface area (Å²) in [6.07, 6.45) is 0.687. The molecule has 122 valence electrons. The van der Waals surface area contributed by atoms with Crippen LogP contribution in [0.4, 0.5) is 5.69 Å². The average Bonchev–Trinajstić information content (AvgIpc) is 3.08. The highest BCUT2D eigenvalue weighted by atomic mass is 35.5. The lowest BCUT2D eigenvalue weighted by Crippen LogP contribution is -2.12. The van der Waals surface area contributed by atoms with Gasteiger partial charge in [-0.05, 0) is 36.8 Å². The first-order valence-electron chi connectivity index (χ1n) is 7.58. The van der Waals surface area contributed by atoms with Crippen LogP contribution in [0.5, 0.6) is 0 Å². The summed E-state index contributed by atoms with van der Waals surface area (Å²) in [7, 11) is 0. The number of hydrogen-bond acceptors (Lipinski definition) is 4. The van der Waals surface area contributed by atoms with Gasteiger partial charge in [-0.25, -0.2) is 0 Å². The highest BCUT2D eigenvalue weighted by Crippen LogP contribution is 2.24. The number of benzene rings is 2. The maximum Gasteiger partial charge on any atom is 0.255 e. The van der Waals surface area contributed by atoms with Gasteiger partial charge in [0.15, 0.2) is 0 Å². The van der Waals surface area contributed by atoms with Crippen LogP contribution in [0.3, 0.4) is 0 Å². The predicted molar refractivity (Wildman–Crippen MR) is 93.3 cm³/mol. The second-order valence-corrected chi connectivity index (χ2v) is 5.72. The molecule has 0 radical (unpaired) electrons. The molecule has 0 saturated heterocycles. The van der Waals surface area contributed by atoms with Gasteiger partial charge in [-0.3, -0.25) is 4.79 Å². The van der Waals surface area contributed by atoms with E-state index in [1.165, 1.54) is 0 Å². The summed E-state index contributed by atoms with van der Waals surface area (Å²) in [4.78, 5) is 16.6. The monoisotopic (exact) mass is 341 g/mol. The molecule has 0 bridgehead atoms. The Balaban J connectivity index is 1.77. The molecule has 6 heteroatoms. The largest absolute Gasteiger partial charge is 0.339 e. The fourth-order valence-electron chi connectivity index (χ4n) is 2.22. The molecular weight excluding hydrogens is 326 g/mol. The summed E-state index contributed by atoms with van der Waals surface area (Å²) in [6.45, 7) is 3.81. The number of amides is 1. The van der Waals surface area contributed by atoms with Gasteiger partial charge in [0, 0.05) is 28.3 Å². The van der Waals surface area contributed by atoms with Crippen LogP contribution in [0, 0.1) is 6.92 Å². The SMILES string of the molecule is CCc1nc(-c2ccc(C(=O)Nc3cccc(Cl)c3C)cc2)no1. The lowest BCUT2D eigenvalue weighted by atomic mass is 10.1. The third-order valence-electron chi connectivity index (χ3n) is 3.69. The molecule has 1 heterocycles. The number of nitrogens with zero attached hydrogens (tertiary/aromatic N) is 2. The molecule has 0 aliphatic heterocycles. The van der Waals surface area contributed by atoms with Gasteiger partial charge in [0.1, 0.15) is 0 Å². The Morgan fingerprint density at radius 2 is 1.96 bits per heavy atom. The summed E-state index contributed by atoms with van der Waals surface area (Å²) in [5, 5.41) is 7.40. The van der Waals surface area contributed by atoms with Crippen molar-refractivity contribution in [2.45, 2.75) is 20.3 Å². The molecule has 1 aromatic heterocycles. The second kappa shape index (κ2) is 6.84. The Kier molecular flexibility index (Phi) is 4.62. The summed E-state index contributed by atoms with van der Waals surface area (Å²) in [5.41, 5.74) is 2.87. The first-order chi connectivity index (χ1) is 11.6. The van der Waals surface area contributed by atoms with Crippen LogP contribution in [-0.4, -0.2) is 16.0 Å². The topological polar surface area (TPSA) is 68.0 Å². The minimum atomic E-state index is -0.200. The van der Waals surface area contributed by atoms with Gasteiger partial charge < -0.3 is 9.84 Å². The Morgan fingerprint density at radius 3 is 2.62 bits per heavy atom. The van der Waals surface area contributed by atoms with Crippen molar-refractivity contribution in [2.24, 2.45) is 0 Å². The van der Waals surface area contributed by atoms with E-state index in [0.717, 1.165) is 11.1 Å². The van der Waals surface area contributed by atoms with Crippen LogP contribution < -0.4 is 5.32 Å². The fraction of sp³-hybridized carbons (Fsp3) is 0.167. The molecule has 0 atom stereocenters. The first kappa shape index (κ1) is 16.2. The summed E-state index contributed by atoms with van der Waals surface area (Å²) in [6, 6.07) is 12.5. The maximum absolute atomic E-state index is 12.4. The summed E-state index contributed by atoms with van der Waals surface area (Å²) in [5.74, 6) is 0.905. The van der Waals surface area contributed by atoms with Crippen LogP contribution in [0.25, 0.3) is 11.4 Å². The number of aryl methyl sites for hydroxylation is 1. The Labute approximate surface area is 144 Å². The standard InChI is InChI=1S/C18H16ClN3O2/c1-3-16-21-17(22-24-16)12-7-9-13(10-8-12)18(23)20-15-6-4-5-14(19)11(15)2/h4-10H,3H2,1-2H3,(H,20,23). The van der Waals surface area contributed by atoms with Gasteiger partial charge in [-0.15, -0.1) is 0 Å². The molecule has 24 heavy (non-hydrogen) atoms. The number of halogens is 1. The minimum Gasteiger partial charge on any atom is -0.339 e. The third-order valence-corrected chi connectivity index (χ3v) is 4.10. The zero-order chi connectivity index (χ0) is 17.1. The van der Waals surface area contributed by atoms with Crippen molar-refractivity contribution in [3.63, 3.8) is 0 Å². The molecule has 0 unspecified atom stereocenters.